The Morgan fingerprint density at radius 1 is 0.566 bits per heavy atom. The molecule has 0 bridgehead atoms. The minimum atomic E-state index is -0.401. The molecule has 4 aromatic carbocycles. The second-order valence-electron chi connectivity index (χ2n) is 12.0. The number of benzene rings is 4. The lowest BCUT2D eigenvalue weighted by molar-refractivity contribution is -0.385. The highest BCUT2D eigenvalue weighted by Crippen LogP contribution is 2.24. The van der Waals surface area contributed by atoms with Gasteiger partial charge in [0.15, 0.2) is 0 Å². The van der Waals surface area contributed by atoms with E-state index < -0.39 is 9.85 Å². The van der Waals surface area contributed by atoms with Crippen LogP contribution in [0.4, 0.5) is 11.4 Å². The number of nitrogens with zero attached hydrogens (tertiary/aromatic N) is 2. The highest BCUT2D eigenvalue weighted by Gasteiger charge is 2.12. The predicted octanol–water partition coefficient (Wildman–Crippen LogP) is 11.2. The minimum absolute atomic E-state index is 0.0814. The van der Waals surface area contributed by atoms with Gasteiger partial charge in [-0.2, -0.15) is 0 Å². The Balaban J connectivity index is 0.000000230. The molecule has 0 unspecified atom stereocenters. The van der Waals surface area contributed by atoms with Gasteiger partial charge in [0.05, 0.1) is 9.85 Å². The molecule has 0 fully saturated rings. The summed E-state index contributed by atoms with van der Waals surface area (Å²) in [6.07, 6.45) is 17.7. The lowest BCUT2D eigenvalue weighted by Crippen LogP contribution is -2.07. The fraction of sp³-hybridized carbons (Fsp3) is 0.304. The normalized spacial score (nSPS) is 10.7. The van der Waals surface area contributed by atoms with Crippen LogP contribution in [0.3, 0.4) is 0 Å². The Hall–Kier alpha value is -5.35. The molecule has 7 heteroatoms. The molecule has 0 atom stereocenters. The fourth-order valence-corrected chi connectivity index (χ4v) is 5.72. The molecule has 0 heterocycles. The van der Waals surface area contributed by atoms with Crippen molar-refractivity contribution in [2.45, 2.75) is 90.9 Å². The molecule has 4 aromatic rings. The standard InChI is InChI=1S/C22H19NO2.C16H16.C6H4INO2.C2H6/c24-23(25)22-11-7-10-18(17-22)8-5-3-1-2-4-6-9-19-12-13-20-14-15-21(20)16-19;1-2-3-4-5-6-7-8-14-9-10-15-11-12-16(15)13-14;7-5-2-1-3-6(4-5)8(9)10;1-2/h7,10-13,16-17H,1-4,14-15H2;1,9-10,13H,3-6,11-12H2;1-4H;1-2H3. The van der Waals surface area contributed by atoms with E-state index in [2.05, 4.69) is 77.8 Å². The first-order valence-corrected chi connectivity index (χ1v) is 19.2. The highest BCUT2D eigenvalue weighted by atomic mass is 127. The maximum absolute atomic E-state index is 10.7. The van der Waals surface area contributed by atoms with E-state index in [1.807, 2.05) is 42.5 Å². The number of rotatable bonds is 8. The molecular formula is C46H45IN2O4. The zero-order valence-electron chi connectivity index (χ0n) is 30.6. The third-order valence-electron chi connectivity index (χ3n) is 8.24. The van der Waals surface area contributed by atoms with Crippen molar-refractivity contribution in [2.75, 3.05) is 0 Å². The zero-order chi connectivity index (χ0) is 38.3. The molecule has 53 heavy (non-hydrogen) atoms. The van der Waals surface area contributed by atoms with E-state index in [-0.39, 0.29) is 11.4 Å². The maximum Gasteiger partial charge on any atom is 0.270 e. The quantitative estimate of drug-likeness (QED) is 0.0583. The van der Waals surface area contributed by atoms with Crippen LogP contribution < -0.4 is 0 Å². The van der Waals surface area contributed by atoms with Crippen molar-refractivity contribution >= 4 is 34.0 Å². The Kier molecular flexibility index (Phi) is 19.0. The number of nitro benzene ring substituents is 2. The van der Waals surface area contributed by atoms with Crippen LogP contribution in [0.2, 0.25) is 0 Å². The Bertz CT molecular complexity index is 2080. The summed E-state index contributed by atoms with van der Waals surface area (Å²) in [5.74, 6) is 21.6. The van der Waals surface area contributed by atoms with Gasteiger partial charge in [0.2, 0.25) is 0 Å². The van der Waals surface area contributed by atoms with E-state index in [1.165, 1.54) is 72.2 Å². The molecule has 0 amide bonds. The molecule has 6 rings (SSSR count). The second-order valence-corrected chi connectivity index (χ2v) is 13.3. The summed E-state index contributed by atoms with van der Waals surface area (Å²) < 4.78 is 0.881. The third kappa shape index (κ3) is 15.4. The molecule has 0 spiro atoms. The van der Waals surface area contributed by atoms with Gasteiger partial charge >= 0.3 is 0 Å². The van der Waals surface area contributed by atoms with Crippen LogP contribution >= 0.6 is 22.6 Å². The van der Waals surface area contributed by atoms with Crippen LogP contribution in [0, 0.1) is 71.7 Å². The van der Waals surface area contributed by atoms with Crippen molar-refractivity contribution in [3.05, 3.63) is 148 Å². The molecule has 6 nitrogen and oxygen atoms in total. The maximum atomic E-state index is 10.7. The fourth-order valence-electron chi connectivity index (χ4n) is 5.19. The molecule has 0 aliphatic heterocycles. The van der Waals surface area contributed by atoms with E-state index in [1.54, 1.807) is 18.2 Å². The molecular weight excluding hydrogens is 771 g/mol. The summed E-state index contributed by atoms with van der Waals surface area (Å²) in [5, 5.41) is 20.9. The van der Waals surface area contributed by atoms with E-state index in [9.17, 15) is 20.2 Å². The average molecular weight is 817 g/mol. The molecule has 270 valence electrons. The van der Waals surface area contributed by atoms with Gasteiger partial charge in [-0.1, -0.05) is 73.6 Å². The number of hydrogen-bond donors (Lipinski definition) is 0. The molecule has 0 saturated carbocycles. The van der Waals surface area contributed by atoms with Crippen LogP contribution in [-0.4, -0.2) is 9.85 Å². The van der Waals surface area contributed by atoms with Gasteiger partial charge in [0.1, 0.15) is 0 Å². The molecule has 0 N–H and O–H groups in total. The second kappa shape index (κ2) is 24.0. The smallest absolute Gasteiger partial charge is 0.258 e. The number of hydrogen-bond acceptors (Lipinski definition) is 4. The van der Waals surface area contributed by atoms with Crippen LogP contribution in [0.1, 0.15) is 104 Å². The van der Waals surface area contributed by atoms with Crippen LogP contribution in [0.25, 0.3) is 0 Å². The van der Waals surface area contributed by atoms with Gasteiger partial charge < -0.3 is 0 Å². The Labute approximate surface area is 328 Å². The van der Waals surface area contributed by atoms with E-state index in [0.29, 0.717) is 5.56 Å². The van der Waals surface area contributed by atoms with Gasteiger partial charge in [-0.25, -0.2) is 0 Å². The van der Waals surface area contributed by atoms with Gasteiger partial charge in [-0.05, 0) is 133 Å². The SMILES string of the molecule is C#CCCCCC#Cc1ccc2c(c1)CC2.CC.O=[N+]([O-])c1cccc(C#CCCCCC#Cc2ccc3c(c2)CC3)c1.O=[N+]([O-])c1cccc(I)c1. The first-order chi connectivity index (χ1) is 25.8. The number of terminal acetylenes is 1. The summed E-state index contributed by atoms with van der Waals surface area (Å²) in [4.78, 5) is 20.1. The van der Waals surface area contributed by atoms with Gasteiger partial charge in [-0.3, -0.25) is 20.2 Å². The van der Waals surface area contributed by atoms with Crippen molar-refractivity contribution in [3.8, 4) is 47.9 Å². The molecule has 2 aliphatic carbocycles. The summed E-state index contributed by atoms with van der Waals surface area (Å²) in [6, 6.07) is 26.0. The van der Waals surface area contributed by atoms with Crippen LogP contribution in [-0.2, 0) is 25.7 Å². The molecule has 2 aliphatic rings. The van der Waals surface area contributed by atoms with Crippen molar-refractivity contribution < 1.29 is 9.85 Å². The summed E-state index contributed by atoms with van der Waals surface area (Å²) in [7, 11) is 0. The molecule has 0 aromatic heterocycles. The predicted molar refractivity (Wildman–Crippen MR) is 224 cm³/mol. The number of unbranched alkanes of at least 4 members (excludes halogenated alkanes) is 6. The lowest BCUT2D eigenvalue weighted by atomic mass is 9.87. The number of aryl methyl sites for hydroxylation is 4. The van der Waals surface area contributed by atoms with Crippen LogP contribution in [0.5, 0.6) is 0 Å². The third-order valence-corrected chi connectivity index (χ3v) is 8.91. The largest absolute Gasteiger partial charge is 0.270 e. The van der Waals surface area contributed by atoms with Crippen LogP contribution in [0.15, 0.2) is 84.9 Å². The monoisotopic (exact) mass is 816 g/mol. The number of halogens is 1. The van der Waals surface area contributed by atoms with E-state index in [4.69, 9.17) is 6.42 Å². The average Bonchev–Trinajstić information content (AvgIpc) is 3.14. The Morgan fingerprint density at radius 3 is 1.36 bits per heavy atom. The van der Waals surface area contributed by atoms with Gasteiger partial charge in [0.25, 0.3) is 11.4 Å². The van der Waals surface area contributed by atoms with Crippen molar-refractivity contribution in [2.24, 2.45) is 0 Å². The summed E-state index contributed by atoms with van der Waals surface area (Å²) in [6.45, 7) is 4.00. The number of nitro groups is 2. The summed E-state index contributed by atoms with van der Waals surface area (Å²) in [5.41, 5.74) is 9.09. The zero-order valence-corrected chi connectivity index (χ0v) is 32.7. The van der Waals surface area contributed by atoms with E-state index in [0.717, 1.165) is 66.1 Å². The topological polar surface area (TPSA) is 86.3 Å². The van der Waals surface area contributed by atoms with Gasteiger partial charge in [-0.15, -0.1) is 12.3 Å². The molecule has 0 radical (unpaired) electrons. The highest BCUT2D eigenvalue weighted by molar-refractivity contribution is 14.1. The summed E-state index contributed by atoms with van der Waals surface area (Å²) >= 11 is 2.03. The first-order valence-electron chi connectivity index (χ1n) is 18.1. The first kappa shape index (κ1) is 42.1. The molecule has 0 saturated heterocycles. The van der Waals surface area contributed by atoms with Crippen molar-refractivity contribution in [3.63, 3.8) is 0 Å². The minimum Gasteiger partial charge on any atom is -0.258 e. The van der Waals surface area contributed by atoms with Gasteiger partial charge in [0, 0.05) is 70.2 Å². The van der Waals surface area contributed by atoms with Crippen molar-refractivity contribution in [1.29, 1.82) is 0 Å². The van der Waals surface area contributed by atoms with E-state index >= 15 is 0 Å². The Morgan fingerprint density at radius 2 is 0.981 bits per heavy atom. The van der Waals surface area contributed by atoms with Crippen molar-refractivity contribution in [1.82, 2.24) is 0 Å². The number of fused-ring (bicyclic) bond motifs is 2. The number of non-ortho nitro benzene ring substituents is 2. The lowest BCUT2D eigenvalue weighted by Gasteiger charge is -2.17.